The Kier molecular flexibility index (Phi) is 24.4. The SMILES string of the molecule is COc1cc2c(Nc3ccc(Br)cc3F)ncnc2cc1OCC1CCN(C(=O)OCCN(CCOC(=O)N2CCC(COc3cc4ncnc(Nc5ccc(C)cc5F)c4cc3CO)CC2)CCOC(=O)N2CCC(COc3cc4ncnc(Nc5ccc(Br)cc5F)c4cc3OC)CC2)CC1. The molecule has 3 fully saturated rings. The lowest BCUT2D eigenvalue weighted by Crippen LogP contribution is -2.43. The summed E-state index contributed by atoms with van der Waals surface area (Å²) in [6, 6.07) is 24.8. The maximum atomic E-state index is 14.8. The van der Waals surface area contributed by atoms with Crippen molar-refractivity contribution in [2.75, 3.05) is 129 Å². The molecule has 25 nitrogen and oxygen atoms in total. The number of benzene rings is 6. The number of hydrogen-bond donors (Lipinski definition) is 4. The van der Waals surface area contributed by atoms with Gasteiger partial charge in [0.1, 0.15) is 79.5 Å². The normalized spacial score (nSPS) is 14.6. The van der Waals surface area contributed by atoms with Crippen molar-refractivity contribution in [2.24, 2.45) is 17.8 Å². The maximum Gasteiger partial charge on any atom is 0.409 e. The second-order valence-electron chi connectivity index (χ2n) is 25.4. The number of anilines is 6. The highest BCUT2D eigenvalue weighted by Crippen LogP contribution is 2.39. The summed E-state index contributed by atoms with van der Waals surface area (Å²) in [5, 5.41) is 21.4. The Bertz CT molecular complexity index is 4050. The highest BCUT2D eigenvalue weighted by molar-refractivity contribution is 9.10. The van der Waals surface area contributed by atoms with Gasteiger partial charge >= 0.3 is 18.3 Å². The average Bonchev–Trinajstić information content (AvgIpc) is 0.802. The summed E-state index contributed by atoms with van der Waals surface area (Å²) in [5.41, 5.74) is 3.73. The molecule has 0 unspecified atom stereocenters. The number of carbonyl (C=O) groups excluding carboxylic acids is 3. The van der Waals surface area contributed by atoms with Crippen LogP contribution in [0.2, 0.25) is 0 Å². The van der Waals surface area contributed by atoms with Gasteiger partial charge in [-0.2, -0.15) is 0 Å². The summed E-state index contributed by atoms with van der Waals surface area (Å²) < 4.78 is 93.4. The third kappa shape index (κ3) is 18.7. The third-order valence-electron chi connectivity index (χ3n) is 18.5. The van der Waals surface area contributed by atoms with Gasteiger partial charge in [0, 0.05) is 108 Å². The molecule has 0 radical (unpaired) electrons. The van der Waals surface area contributed by atoms with Crippen LogP contribution >= 0.6 is 31.9 Å². The van der Waals surface area contributed by atoms with Gasteiger partial charge in [0.2, 0.25) is 0 Å². The maximum absolute atomic E-state index is 14.8. The Morgan fingerprint density at radius 2 is 0.825 bits per heavy atom. The minimum absolute atomic E-state index is 0.0114. The Labute approximate surface area is 608 Å². The minimum atomic E-state index is -0.472. The first-order valence-electron chi connectivity index (χ1n) is 33.9. The van der Waals surface area contributed by atoms with Gasteiger partial charge in [0.05, 0.1) is 74.3 Å². The molecule has 4 N–H and O–H groups in total. The van der Waals surface area contributed by atoms with E-state index in [4.69, 9.17) is 37.9 Å². The molecule has 3 aliphatic heterocycles. The van der Waals surface area contributed by atoms with Crippen molar-refractivity contribution in [3.8, 4) is 28.7 Å². The summed E-state index contributed by atoms with van der Waals surface area (Å²) in [4.78, 5) is 74.0. The summed E-state index contributed by atoms with van der Waals surface area (Å²) in [5.74, 6) is 2.51. The molecule has 0 saturated carbocycles. The Morgan fingerprint density at radius 3 is 1.18 bits per heavy atom. The molecule has 6 heterocycles. The number of piperidine rings is 3. The van der Waals surface area contributed by atoms with E-state index in [1.165, 1.54) is 51.4 Å². The number of nitrogens with one attached hydrogen (secondary N) is 3. The molecule has 3 aromatic heterocycles. The predicted molar refractivity (Wildman–Crippen MR) is 387 cm³/mol. The van der Waals surface area contributed by atoms with Crippen molar-refractivity contribution in [3.63, 3.8) is 0 Å². The molecule has 3 amide bonds. The van der Waals surface area contributed by atoms with Crippen molar-refractivity contribution in [1.82, 2.24) is 49.5 Å². The van der Waals surface area contributed by atoms with E-state index >= 15 is 0 Å². The van der Waals surface area contributed by atoms with Crippen LogP contribution in [0.25, 0.3) is 32.7 Å². The van der Waals surface area contributed by atoms with Crippen LogP contribution in [0.5, 0.6) is 28.7 Å². The number of aliphatic hydroxyl groups excluding tert-OH is 1. The predicted octanol–water partition coefficient (Wildman–Crippen LogP) is 13.9. The number of nitrogens with zero attached hydrogens (tertiary/aromatic N) is 10. The summed E-state index contributed by atoms with van der Waals surface area (Å²) >= 11 is 6.58. The molecule has 3 aliphatic rings. The van der Waals surface area contributed by atoms with Crippen LogP contribution in [-0.4, -0.2) is 186 Å². The van der Waals surface area contributed by atoms with E-state index in [0.29, 0.717) is 191 Å². The number of fused-ring (bicyclic) bond motifs is 3. The molecular formula is C73H78Br2F3N13O12. The van der Waals surface area contributed by atoms with Crippen LogP contribution in [0.15, 0.2) is 119 Å². The van der Waals surface area contributed by atoms with Gasteiger partial charge in [-0.15, -0.1) is 0 Å². The van der Waals surface area contributed by atoms with Gasteiger partial charge in [-0.1, -0.05) is 37.9 Å². The average molecular weight is 1550 g/mol. The summed E-state index contributed by atoms with van der Waals surface area (Å²) in [6.45, 7) is 5.97. The number of hydrogen-bond acceptors (Lipinski definition) is 22. The van der Waals surface area contributed by atoms with E-state index in [9.17, 15) is 32.7 Å². The van der Waals surface area contributed by atoms with Gasteiger partial charge < -0.3 is 73.7 Å². The van der Waals surface area contributed by atoms with Crippen LogP contribution in [0.1, 0.15) is 49.7 Å². The zero-order valence-corrected chi connectivity index (χ0v) is 60.2. The zero-order chi connectivity index (χ0) is 71.9. The van der Waals surface area contributed by atoms with E-state index in [2.05, 4.69) is 77.7 Å². The molecular weight excluding hydrogens is 1470 g/mol. The molecule has 103 heavy (non-hydrogen) atoms. The number of rotatable bonds is 27. The Morgan fingerprint density at radius 1 is 0.476 bits per heavy atom. The number of halogens is 5. The first-order chi connectivity index (χ1) is 50.0. The van der Waals surface area contributed by atoms with Crippen LogP contribution in [0, 0.1) is 42.1 Å². The van der Waals surface area contributed by atoms with Gasteiger partial charge in [-0.3, -0.25) is 4.90 Å². The van der Waals surface area contributed by atoms with Crippen LogP contribution < -0.4 is 39.6 Å². The van der Waals surface area contributed by atoms with E-state index in [1.807, 2.05) is 4.90 Å². The van der Waals surface area contributed by atoms with E-state index in [0.717, 1.165) is 5.56 Å². The topological polar surface area (TPSA) is 272 Å². The van der Waals surface area contributed by atoms with E-state index < -0.39 is 35.7 Å². The number of aromatic nitrogens is 6. The highest BCUT2D eigenvalue weighted by atomic mass is 79.9. The first-order valence-corrected chi connectivity index (χ1v) is 35.5. The monoisotopic (exact) mass is 1540 g/mol. The van der Waals surface area contributed by atoms with Gasteiger partial charge in [-0.25, -0.2) is 57.5 Å². The standard InChI is InChI=1S/C73H78Br2F3N13O12/c1-44-4-7-57(54(76)28-44)85-68-51-29-48(37-92)63(34-60(51)79-41-82-68)101-38-45-10-16-89(17-11-45)71(93)98-25-22-88(23-26-99-72(94)90-18-12-46(13-19-90)39-102-66-35-61-52(32-64(66)96-2)69(83-42-80-61)86-58-8-5-49(74)30-55(58)77)24-27-100-73(95)91-20-14-47(15-21-91)40-103-67-36-62-53(33-65(67)97-3)70(84-43-81-62)87-59-9-6-50(75)31-56(59)78/h4-9,28-36,41-43,45-47,92H,10-27,37-40H2,1-3H3,(H,79,82,85)(H,80,83,86)(H,81,84,87). The summed E-state index contributed by atoms with van der Waals surface area (Å²) in [7, 11) is 3.07. The van der Waals surface area contributed by atoms with Crippen LogP contribution in [0.4, 0.5) is 62.1 Å². The number of carbonyl (C=O) groups is 3. The van der Waals surface area contributed by atoms with E-state index in [-0.39, 0.29) is 80.9 Å². The minimum Gasteiger partial charge on any atom is -0.493 e. The fraction of sp³-hybridized carbons (Fsp3) is 0.384. The van der Waals surface area contributed by atoms with E-state index in [1.54, 1.807) is 94.4 Å². The molecule has 542 valence electrons. The van der Waals surface area contributed by atoms with Crippen LogP contribution in [0.3, 0.4) is 0 Å². The van der Waals surface area contributed by atoms with Crippen LogP contribution in [-0.2, 0) is 20.8 Å². The van der Waals surface area contributed by atoms with Crippen molar-refractivity contribution >= 4 is 117 Å². The number of likely N-dealkylation sites (tertiary alicyclic amines) is 3. The largest absolute Gasteiger partial charge is 0.493 e. The Hall–Kier alpha value is -9.78. The zero-order valence-electron chi connectivity index (χ0n) is 57.0. The smallest absolute Gasteiger partial charge is 0.409 e. The van der Waals surface area contributed by atoms with Gasteiger partial charge in [-0.05, 0) is 135 Å². The van der Waals surface area contributed by atoms with Crippen molar-refractivity contribution in [2.45, 2.75) is 52.1 Å². The molecule has 0 atom stereocenters. The third-order valence-corrected chi connectivity index (χ3v) is 19.5. The van der Waals surface area contributed by atoms with Crippen molar-refractivity contribution in [3.05, 3.63) is 148 Å². The number of aliphatic hydroxyl groups is 1. The second kappa shape index (κ2) is 34.5. The lowest BCUT2D eigenvalue weighted by atomic mass is 9.98. The molecule has 3 saturated heterocycles. The Balaban J connectivity index is 0.609. The highest BCUT2D eigenvalue weighted by Gasteiger charge is 2.30. The molecule has 30 heteroatoms. The lowest BCUT2D eigenvalue weighted by Gasteiger charge is -2.32. The second-order valence-corrected chi connectivity index (χ2v) is 27.2. The number of amides is 3. The molecule has 0 spiro atoms. The molecule has 12 rings (SSSR count). The number of methoxy groups -OCH3 is 2. The quantitative estimate of drug-likeness (QED) is 0.0348. The number of aryl methyl sites for hydroxylation is 1. The van der Waals surface area contributed by atoms with Gasteiger partial charge in [0.25, 0.3) is 0 Å². The molecule has 9 aromatic rings. The first kappa shape index (κ1) is 73.0. The van der Waals surface area contributed by atoms with Gasteiger partial charge in [0.15, 0.2) is 23.0 Å². The van der Waals surface area contributed by atoms with Crippen molar-refractivity contribution < 1.29 is 70.6 Å². The molecule has 0 aliphatic carbocycles. The summed E-state index contributed by atoms with van der Waals surface area (Å²) in [6.07, 6.45) is 6.66. The molecule has 6 aromatic carbocycles. The van der Waals surface area contributed by atoms with Crippen molar-refractivity contribution in [1.29, 1.82) is 0 Å². The fourth-order valence-electron chi connectivity index (χ4n) is 12.5. The number of ether oxygens (including phenoxy) is 8. The molecule has 0 bridgehead atoms. The fourth-order valence-corrected chi connectivity index (χ4v) is 13.2. The lowest BCUT2D eigenvalue weighted by molar-refractivity contribution is 0.0499.